The molecule has 0 aromatic heterocycles. The summed E-state index contributed by atoms with van der Waals surface area (Å²) in [5.74, 6) is -0.217. The number of halogens is 1. The number of anilines is 1. The fraction of sp³-hybridized carbons (Fsp3) is 0.364. The lowest BCUT2D eigenvalue weighted by atomic mass is 10.2. The highest BCUT2D eigenvalue weighted by atomic mass is 35.5. The van der Waals surface area contributed by atoms with Crippen molar-refractivity contribution < 1.29 is 9.90 Å². The summed E-state index contributed by atoms with van der Waals surface area (Å²) in [6, 6.07) is 4.70. The van der Waals surface area contributed by atoms with Crippen molar-refractivity contribution in [3.8, 4) is 5.75 Å². The SMILES string of the molecule is O=C(Nc1cccc(Cl)c1O)C1CCCN1. The minimum absolute atomic E-state index is 0.0875. The first kappa shape index (κ1) is 11.2. The van der Waals surface area contributed by atoms with Gasteiger partial charge < -0.3 is 15.7 Å². The molecule has 0 spiro atoms. The second kappa shape index (κ2) is 4.72. The quantitative estimate of drug-likeness (QED) is 0.690. The van der Waals surface area contributed by atoms with Crippen molar-refractivity contribution in [1.29, 1.82) is 0 Å². The van der Waals surface area contributed by atoms with Gasteiger partial charge in [0, 0.05) is 0 Å². The summed E-state index contributed by atoms with van der Waals surface area (Å²) in [5, 5.41) is 15.6. The lowest BCUT2D eigenvalue weighted by Crippen LogP contribution is -2.35. The highest BCUT2D eigenvalue weighted by Gasteiger charge is 2.22. The van der Waals surface area contributed by atoms with Gasteiger partial charge in [-0.1, -0.05) is 17.7 Å². The monoisotopic (exact) mass is 240 g/mol. The number of aromatic hydroxyl groups is 1. The maximum Gasteiger partial charge on any atom is 0.241 e. The van der Waals surface area contributed by atoms with E-state index in [1.54, 1.807) is 18.2 Å². The molecule has 5 heteroatoms. The fourth-order valence-corrected chi connectivity index (χ4v) is 1.92. The number of carbonyl (C=O) groups is 1. The van der Waals surface area contributed by atoms with Crippen LogP contribution in [0.25, 0.3) is 0 Å². The lowest BCUT2D eigenvalue weighted by Gasteiger charge is -2.12. The third kappa shape index (κ3) is 2.28. The van der Waals surface area contributed by atoms with Gasteiger partial charge in [0.25, 0.3) is 0 Å². The van der Waals surface area contributed by atoms with Crippen LogP contribution in [0.2, 0.25) is 5.02 Å². The minimum Gasteiger partial charge on any atom is -0.504 e. The second-order valence-corrected chi connectivity index (χ2v) is 4.18. The number of phenols is 1. The summed E-state index contributed by atoms with van der Waals surface area (Å²) >= 11 is 5.74. The standard InChI is InChI=1S/C11H13ClN2O2/c12-7-3-1-4-8(10(7)15)14-11(16)9-5-2-6-13-9/h1,3-4,9,13,15H,2,5-6H2,(H,14,16). The minimum atomic E-state index is -0.168. The third-order valence-electron chi connectivity index (χ3n) is 2.62. The van der Waals surface area contributed by atoms with Crippen LogP contribution in [0, 0.1) is 0 Å². The van der Waals surface area contributed by atoms with Gasteiger partial charge in [-0.25, -0.2) is 0 Å². The molecule has 1 aromatic rings. The molecule has 0 aliphatic carbocycles. The third-order valence-corrected chi connectivity index (χ3v) is 2.93. The molecule has 1 atom stereocenters. The zero-order valence-electron chi connectivity index (χ0n) is 8.66. The van der Waals surface area contributed by atoms with E-state index in [1.807, 2.05) is 0 Å². The van der Waals surface area contributed by atoms with Gasteiger partial charge in [0.2, 0.25) is 5.91 Å². The Morgan fingerprint density at radius 3 is 3.06 bits per heavy atom. The molecule has 1 aliphatic heterocycles. The molecule has 86 valence electrons. The van der Waals surface area contributed by atoms with E-state index in [-0.39, 0.29) is 22.7 Å². The van der Waals surface area contributed by atoms with Crippen molar-refractivity contribution in [1.82, 2.24) is 5.32 Å². The van der Waals surface area contributed by atoms with Crippen LogP contribution in [0.1, 0.15) is 12.8 Å². The van der Waals surface area contributed by atoms with Gasteiger partial charge in [-0.2, -0.15) is 0 Å². The van der Waals surface area contributed by atoms with Gasteiger partial charge in [-0.3, -0.25) is 4.79 Å². The Bertz CT molecular complexity index is 403. The normalized spacial score (nSPS) is 19.7. The van der Waals surface area contributed by atoms with Crippen LogP contribution >= 0.6 is 11.6 Å². The number of hydrogen-bond acceptors (Lipinski definition) is 3. The highest BCUT2D eigenvalue weighted by Crippen LogP contribution is 2.31. The number of para-hydroxylation sites is 1. The molecule has 1 unspecified atom stereocenters. The molecule has 0 bridgehead atoms. The fourth-order valence-electron chi connectivity index (χ4n) is 1.74. The molecule has 1 aliphatic rings. The molecule has 4 nitrogen and oxygen atoms in total. The Morgan fingerprint density at radius 1 is 1.56 bits per heavy atom. The molecule has 0 saturated carbocycles. The predicted molar refractivity (Wildman–Crippen MR) is 62.8 cm³/mol. The van der Waals surface area contributed by atoms with Crippen LogP contribution in [-0.4, -0.2) is 23.6 Å². The topological polar surface area (TPSA) is 61.4 Å². The molecular weight excluding hydrogens is 228 g/mol. The molecule has 0 radical (unpaired) electrons. The van der Waals surface area contributed by atoms with E-state index in [1.165, 1.54) is 0 Å². The first-order valence-electron chi connectivity index (χ1n) is 5.20. The van der Waals surface area contributed by atoms with Crippen molar-refractivity contribution in [2.75, 3.05) is 11.9 Å². The van der Waals surface area contributed by atoms with Crippen molar-refractivity contribution in [3.05, 3.63) is 23.2 Å². The van der Waals surface area contributed by atoms with Crippen molar-refractivity contribution in [2.24, 2.45) is 0 Å². The van der Waals surface area contributed by atoms with E-state index < -0.39 is 0 Å². The summed E-state index contributed by atoms with van der Waals surface area (Å²) in [7, 11) is 0. The van der Waals surface area contributed by atoms with E-state index in [2.05, 4.69) is 10.6 Å². The number of rotatable bonds is 2. The number of amides is 1. The maximum absolute atomic E-state index is 11.8. The first-order valence-corrected chi connectivity index (χ1v) is 5.58. The summed E-state index contributed by atoms with van der Waals surface area (Å²) in [5.41, 5.74) is 0.353. The number of hydrogen-bond donors (Lipinski definition) is 3. The van der Waals surface area contributed by atoms with E-state index in [0.717, 1.165) is 19.4 Å². The van der Waals surface area contributed by atoms with Gasteiger partial charge in [0.15, 0.2) is 5.75 Å². The van der Waals surface area contributed by atoms with Crippen LogP contribution < -0.4 is 10.6 Å². The summed E-state index contributed by atoms with van der Waals surface area (Å²) in [4.78, 5) is 11.8. The Labute approximate surface area is 98.6 Å². The number of carbonyl (C=O) groups excluding carboxylic acids is 1. The molecule has 2 rings (SSSR count). The van der Waals surface area contributed by atoms with Crippen molar-refractivity contribution in [3.63, 3.8) is 0 Å². The Morgan fingerprint density at radius 2 is 2.38 bits per heavy atom. The molecule has 1 saturated heterocycles. The molecule has 1 heterocycles. The zero-order chi connectivity index (χ0) is 11.5. The lowest BCUT2D eigenvalue weighted by molar-refractivity contribution is -0.117. The Kier molecular flexibility index (Phi) is 3.31. The van der Waals surface area contributed by atoms with Crippen LogP contribution in [0.5, 0.6) is 5.75 Å². The molecule has 1 fully saturated rings. The Hall–Kier alpha value is -1.26. The number of phenolic OH excluding ortho intramolecular Hbond substituents is 1. The highest BCUT2D eigenvalue weighted by molar-refractivity contribution is 6.32. The molecule has 1 amide bonds. The van der Waals surface area contributed by atoms with E-state index in [4.69, 9.17) is 11.6 Å². The van der Waals surface area contributed by atoms with Crippen LogP contribution in [0.15, 0.2) is 18.2 Å². The number of nitrogens with one attached hydrogen (secondary N) is 2. The van der Waals surface area contributed by atoms with Gasteiger partial charge in [-0.15, -0.1) is 0 Å². The summed E-state index contributed by atoms with van der Waals surface area (Å²) in [6.07, 6.45) is 1.83. The summed E-state index contributed by atoms with van der Waals surface area (Å²) < 4.78 is 0. The van der Waals surface area contributed by atoms with Crippen LogP contribution in [0.4, 0.5) is 5.69 Å². The average molecular weight is 241 g/mol. The second-order valence-electron chi connectivity index (χ2n) is 3.77. The van der Waals surface area contributed by atoms with Gasteiger partial charge >= 0.3 is 0 Å². The van der Waals surface area contributed by atoms with E-state index in [0.29, 0.717) is 5.69 Å². The molecule has 3 N–H and O–H groups in total. The Balaban J connectivity index is 2.08. The smallest absolute Gasteiger partial charge is 0.241 e. The van der Waals surface area contributed by atoms with Crippen LogP contribution in [-0.2, 0) is 4.79 Å². The first-order chi connectivity index (χ1) is 7.68. The van der Waals surface area contributed by atoms with Gasteiger partial charge in [0.1, 0.15) is 0 Å². The largest absolute Gasteiger partial charge is 0.504 e. The van der Waals surface area contributed by atoms with E-state index >= 15 is 0 Å². The predicted octanol–water partition coefficient (Wildman–Crippen LogP) is 1.74. The van der Waals surface area contributed by atoms with Crippen molar-refractivity contribution in [2.45, 2.75) is 18.9 Å². The molecule has 1 aromatic carbocycles. The number of benzene rings is 1. The van der Waals surface area contributed by atoms with Gasteiger partial charge in [0.05, 0.1) is 16.8 Å². The summed E-state index contributed by atoms with van der Waals surface area (Å²) in [6.45, 7) is 0.861. The van der Waals surface area contributed by atoms with E-state index in [9.17, 15) is 9.90 Å². The van der Waals surface area contributed by atoms with Gasteiger partial charge in [-0.05, 0) is 31.5 Å². The maximum atomic E-state index is 11.8. The van der Waals surface area contributed by atoms with Crippen molar-refractivity contribution >= 4 is 23.2 Å². The molecular formula is C11H13ClN2O2. The van der Waals surface area contributed by atoms with Crippen LogP contribution in [0.3, 0.4) is 0 Å². The average Bonchev–Trinajstić information content (AvgIpc) is 2.78. The molecule has 16 heavy (non-hydrogen) atoms. The zero-order valence-corrected chi connectivity index (χ0v) is 9.42.